The summed E-state index contributed by atoms with van der Waals surface area (Å²) in [6.07, 6.45) is 13.4. The van der Waals surface area contributed by atoms with Gasteiger partial charge < -0.3 is 9.88 Å². The van der Waals surface area contributed by atoms with E-state index < -0.39 is 0 Å². The molecule has 0 spiro atoms. The van der Waals surface area contributed by atoms with Gasteiger partial charge in [-0.2, -0.15) is 0 Å². The van der Waals surface area contributed by atoms with E-state index in [0.717, 1.165) is 18.9 Å². The number of thiazole rings is 1. The van der Waals surface area contributed by atoms with Gasteiger partial charge in [0, 0.05) is 43.0 Å². The highest BCUT2D eigenvalue weighted by Gasteiger charge is 2.15. The minimum atomic E-state index is 0.606. The second-order valence-corrected chi connectivity index (χ2v) is 6.08. The minimum absolute atomic E-state index is 0.606. The summed E-state index contributed by atoms with van der Waals surface area (Å²) in [4.78, 5) is 8.77. The minimum Gasteiger partial charge on any atom is -0.353 e. The second kappa shape index (κ2) is 6.19. The Kier molecular flexibility index (Phi) is 4.13. The highest BCUT2D eigenvalue weighted by molar-refractivity contribution is 7.09. The molecule has 0 amide bonds. The van der Waals surface area contributed by atoms with Crippen LogP contribution in [0.15, 0.2) is 24.0 Å². The molecular weight excluding hydrogens is 256 g/mol. The Balaban J connectivity index is 1.58. The summed E-state index contributed by atoms with van der Waals surface area (Å²) >= 11 is 1.72. The van der Waals surface area contributed by atoms with E-state index >= 15 is 0 Å². The van der Waals surface area contributed by atoms with Crippen LogP contribution in [0.5, 0.6) is 0 Å². The molecular formula is C14H20N4S. The van der Waals surface area contributed by atoms with E-state index in [-0.39, 0.29) is 0 Å². The number of anilines is 1. The number of aryl methyl sites for hydroxylation is 2. The average Bonchev–Trinajstić information content (AvgIpc) is 3.09. The zero-order valence-electron chi connectivity index (χ0n) is 11.1. The third-order valence-corrected chi connectivity index (χ3v) is 4.54. The summed E-state index contributed by atoms with van der Waals surface area (Å²) < 4.78 is 2.20. The van der Waals surface area contributed by atoms with Gasteiger partial charge in [-0.05, 0) is 12.8 Å². The summed E-state index contributed by atoms with van der Waals surface area (Å²) in [5, 5.41) is 6.82. The molecule has 0 saturated heterocycles. The SMILES string of the molecule is c1csc(CCn2ccnc2NC2CCCCC2)n1. The Morgan fingerprint density at radius 3 is 2.89 bits per heavy atom. The van der Waals surface area contributed by atoms with Gasteiger partial charge in [-0.3, -0.25) is 0 Å². The van der Waals surface area contributed by atoms with E-state index in [1.54, 1.807) is 11.3 Å². The topological polar surface area (TPSA) is 42.7 Å². The van der Waals surface area contributed by atoms with Crippen molar-refractivity contribution in [2.45, 2.75) is 51.1 Å². The molecule has 0 aromatic carbocycles. The summed E-state index contributed by atoms with van der Waals surface area (Å²) in [7, 11) is 0. The molecule has 3 rings (SSSR count). The van der Waals surface area contributed by atoms with E-state index in [9.17, 15) is 0 Å². The lowest BCUT2D eigenvalue weighted by Gasteiger charge is -2.23. The van der Waals surface area contributed by atoms with E-state index in [1.165, 1.54) is 37.1 Å². The van der Waals surface area contributed by atoms with Crippen molar-refractivity contribution in [2.75, 3.05) is 5.32 Å². The van der Waals surface area contributed by atoms with Crippen LogP contribution in [0, 0.1) is 0 Å². The van der Waals surface area contributed by atoms with Gasteiger partial charge in [-0.1, -0.05) is 19.3 Å². The average molecular weight is 276 g/mol. The zero-order valence-corrected chi connectivity index (χ0v) is 11.9. The van der Waals surface area contributed by atoms with Crippen molar-refractivity contribution < 1.29 is 0 Å². The van der Waals surface area contributed by atoms with Crippen molar-refractivity contribution in [2.24, 2.45) is 0 Å². The van der Waals surface area contributed by atoms with Crippen molar-refractivity contribution in [1.82, 2.24) is 14.5 Å². The van der Waals surface area contributed by atoms with E-state index in [0.29, 0.717) is 6.04 Å². The van der Waals surface area contributed by atoms with Crippen LogP contribution in [0.25, 0.3) is 0 Å². The Labute approximate surface area is 117 Å². The molecule has 2 aromatic heterocycles. The summed E-state index contributed by atoms with van der Waals surface area (Å²) in [5.41, 5.74) is 0. The van der Waals surface area contributed by atoms with Gasteiger partial charge in [0.1, 0.15) is 0 Å². The maximum atomic E-state index is 4.45. The van der Waals surface area contributed by atoms with Crippen LogP contribution in [0.1, 0.15) is 37.1 Å². The van der Waals surface area contributed by atoms with Crippen LogP contribution in [-0.4, -0.2) is 20.6 Å². The lowest BCUT2D eigenvalue weighted by atomic mass is 9.96. The van der Waals surface area contributed by atoms with Crippen molar-refractivity contribution in [3.05, 3.63) is 29.0 Å². The van der Waals surface area contributed by atoms with Gasteiger partial charge in [-0.25, -0.2) is 9.97 Å². The lowest BCUT2D eigenvalue weighted by Crippen LogP contribution is -2.24. The molecule has 2 heterocycles. The van der Waals surface area contributed by atoms with Gasteiger partial charge >= 0.3 is 0 Å². The van der Waals surface area contributed by atoms with Crippen LogP contribution in [0.2, 0.25) is 0 Å². The van der Waals surface area contributed by atoms with Gasteiger partial charge in [0.2, 0.25) is 5.95 Å². The zero-order chi connectivity index (χ0) is 12.9. The Morgan fingerprint density at radius 2 is 2.11 bits per heavy atom. The number of aromatic nitrogens is 3. The fourth-order valence-electron chi connectivity index (χ4n) is 2.65. The number of imidazole rings is 1. The Morgan fingerprint density at radius 1 is 1.21 bits per heavy atom. The van der Waals surface area contributed by atoms with Crippen LogP contribution in [0.3, 0.4) is 0 Å². The fourth-order valence-corrected chi connectivity index (χ4v) is 3.26. The van der Waals surface area contributed by atoms with Crippen molar-refractivity contribution in [3.63, 3.8) is 0 Å². The molecule has 4 nitrogen and oxygen atoms in total. The predicted octanol–water partition coefficient (Wildman–Crippen LogP) is 3.33. The third-order valence-electron chi connectivity index (χ3n) is 3.70. The quantitative estimate of drug-likeness (QED) is 0.911. The lowest BCUT2D eigenvalue weighted by molar-refractivity contribution is 0.459. The molecule has 5 heteroatoms. The maximum Gasteiger partial charge on any atom is 0.202 e. The van der Waals surface area contributed by atoms with Crippen LogP contribution >= 0.6 is 11.3 Å². The molecule has 0 bridgehead atoms. The molecule has 0 radical (unpaired) electrons. The van der Waals surface area contributed by atoms with Crippen LogP contribution in [-0.2, 0) is 13.0 Å². The van der Waals surface area contributed by atoms with Gasteiger partial charge in [0.05, 0.1) is 5.01 Å². The molecule has 19 heavy (non-hydrogen) atoms. The van der Waals surface area contributed by atoms with Gasteiger partial charge in [-0.15, -0.1) is 11.3 Å². The highest BCUT2D eigenvalue weighted by Crippen LogP contribution is 2.21. The first-order valence-electron chi connectivity index (χ1n) is 7.08. The normalized spacial score (nSPS) is 16.6. The number of nitrogens with one attached hydrogen (secondary N) is 1. The molecule has 1 aliphatic rings. The molecule has 1 fully saturated rings. The molecule has 0 aliphatic heterocycles. The third kappa shape index (κ3) is 3.35. The molecule has 2 aromatic rings. The first-order chi connectivity index (χ1) is 9.42. The second-order valence-electron chi connectivity index (χ2n) is 5.10. The molecule has 1 saturated carbocycles. The van der Waals surface area contributed by atoms with Gasteiger partial charge in [0.15, 0.2) is 0 Å². The van der Waals surface area contributed by atoms with Gasteiger partial charge in [0.25, 0.3) is 0 Å². The van der Waals surface area contributed by atoms with Crippen molar-refractivity contribution in [3.8, 4) is 0 Å². The largest absolute Gasteiger partial charge is 0.353 e. The predicted molar refractivity (Wildman–Crippen MR) is 78.5 cm³/mol. The molecule has 1 aliphatic carbocycles. The molecule has 1 N–H and O–H groups in total. The van der Waals surface area contributed by atoms with E-state index in [4.69, 9.17) is 0 Å². The van der Waals surface area contributed by atoms with E-state index in [1.807, 2.05) is 17.8 Å². The summed E-state index contributed by atoms with van der Waals surface area (Å²) in [6, 6.07) is 0.606. The smallest absolute Gasteiger partial charge is 0.202 e. The number of hydrogen-bond donors (Lipinski definition) is 1. The number of rotatable bonds is 5. The number of nitrogens with zero attached hydrogens (tertiary/aromatic N) is 3. The van der Waals surface area contributed by atoms with Crippen LogP contribution < -0.4 is 5.32 Å². The number of hydrogen-bond acceptors (Lipinski definition) is 4. The fraction of sp³-hybridized carbons (Fsp3) is 0.571. The highest BCUT2D eigenvalue weighted by atomic mass is 32.1. The summed E-state index contributed by atoms with van der Waals surface area (Å²) in [6.45, 7) is 0.947. The molecule has 0 atom stereocenters. The summed E-state index contributed by atoms with van der Waals surface area (Å²) in [5.74, 6) is 1.02. The maximum absolute atomic E-state index is 4.45. The van der Waals surface area contributed by atoms with Crippen LogP contribution in [0.4, 0.5) is 5.95 Å². The van der Waals surface area contributed by atoms with E-state index in [2.05, 4.69) is 26.0 Å². The first kappa shape index (κ1) is 12.7. The molecule has 0 unspecified atom stereocenters. The monoisotopic (exact) mass is 276 g/mol. The molecule has 102 valence electrons. The Hall–Kier alpha value is -1.36. The van der Waals surface area contributed by atoms with Crippen molar-refractivity contribution >= 4 is 17.3 Å². The first-order valence-corrected chi connectivity index (χ1v) is 7.96. The van der Waals surface area contributed by atoms with Crippen molar-refractivity contribution in [1.29, 1.82) is 0 Å². The standard InChI is InChI=1S/C14H20N4S/c1-2-4-12(5-3-1)17-14-16-7-10-18(14)9-6-13-15-8-11-19-13/h7-8,10-12H,1-6,9H2,(H,16,17). The Bertz CT molecular complexity index is 485.